The van der Waals surface area contributed by atoms with E-state index in [4.69, 9.17) is 23.2 Å². The van der Waals surface area contributed by atoms with Crippen LogP contribution < -0.4 is 15.6 Å². The third kappa shape index (κ3) is 5.85. The molecule has 1 heterocycles. The number of carbonyl (C=O) groups is 1. The number of H-pyrrole nitrogens is 1. The van der Waals surface area contributed by atoms with E-state index in [-0.39, 0.29) is 38.7 Å². The second kappa shape index (κ2) is 9.96. The zero-order valence-corrected chi connectivity index (χ0v) is 19.6. The molecule has 30 heavy (non-hydrogen) atoms. The largest absolute Gasteiger partial charge is 0.348 e. The van der Waals surface area contributed by atoms with Gasteiger partial charge in [0.25, 0.3) is 11.5 Å². The molecule has 2 rings (SSSR count). The fourth-order valence-electron chi connectivity index (χ4n) is 3.09. The molecule has 164 valence electrons. The first-order valence-electron chi connectivity index (χ1n) is 9.45. The topological polar surface area (TPSA) is 108 Å². The second-order valence-electron chi connectivity index (χ2n) is 7.20. The number of pyridine rings is 1. The Morgan fingerprint density at radius 3 is 2.43 bits per heavy atom. The van der Waals surface area contributed by atoms with Crippen LogP contribution in [0.1, 0.15) is 53.9 Å². The van der Waals surface area contributed by atoms with Gasteiger partial charge in [0.05, 0.1) is 15.6 Å². The van der Waals surface area contributed by atoms with Crippen molar-refractivity contribution in [2.45, 2.75) is 58.0 Å². The average Bonchev–Trinajstić information content (AvgIpc) is 2.59. The number of amides is 1. The van der Waals surface area contributed by atoms with E-state index in [9.17, 15) is 18.0 Å². The summed E-state index contributed by atoms with van der Waals surface area (Å²) in [5.41, 5.74) is 1.50. The number of hydrogen-bond donors (Lipinski definition) is 3. The highest BCUT2D eigenvalue weighted by atomic mass is 35.5. The highest BCUT2D eigenvalue weighted by molar-refractivity contribution is 7.89. The predicted molar refractivity (Wildman–Crippen MR) is 119 cm³/mol. The molecule has 1 atom stereocenters. The molecule has 7 nitrogen and oxygen atoms in total. The van der Waals surface area contributed by atoms with E-state index in [0.717, 1.165) is 18.1 Å². The fraction of sp³-hybridized carbons (Fsp3) is 0.400. The fourth-order valence-corrected chi connectivity index (χ4v) is 5.23. The van der Waals surface area contributed by atoms with Crippen molar-refractivity contribution < 1.29 is 13.2 Å². The maximum Gasteiger partial charge on any atom is 0.253 e. The minimum Gasteiger partial charge on any atom is -0.348 e. The summed E-state index contributed by atoms with van der Waals surface area (Å²) in [6.45, 7) is 7.20. The third-order valence-corrected chi connectivity index (χ3v) is 6.92. The molecular weight excluding hydrogens is 449 g/mol. The van der Waals surface area contributed by atoms with Crippen molar-refractivity contribution in [3.63, 3.8) is 0 Å². The number of halogens is 2. The Morgan fingerprint density at radius 2 is 1.83 bits per heavy atom. The van der Waals surface area contributed by atoms with Crippen molar-refractivity contribution in [1.29, 1.82) is 0 Å². The van der Waals surface area contributed by atoms with Crippen LogP contribution in [0.15, 0.2) is 27.9 Å². The lowest BCUT2D eigenvalue weighted by atomic mass is 10.1. The summed E-state index contributed by atoms with van der Waals surface area (Å²) in [5.74, 6) is -0.617. The van der Waals surface area contributed by atoms with Gasteiger partial charge in [-0.1, -0.05) is 36.5 Å². The molecule has 2 aromatic rings. The van der Waals surface area contributed by atoms with E-state index in [2.05, 4.69) is 15.0 Å². The van der Waals surface area contributed by atoms with Crippen LogP contribution in [-0.2, 0) is 16.6 Å². The third-order valence-electron chi connectivity index (χ3n) is 4.55. The van der Waals surface area contributed by atoms with E-state index < -0.39 is 15.9 Å². The first kappa shape index (κ1) is 24.4. The second-order valence-corrected chi connectivity index (χ2v) is 9.70. The molecule has 0 aliphatic carbocycles. The van der Waals surface area contributed by atoms with Crippen molar-refractivity contribution in [3.8, 4) is 0 Å². The van der Waals surface area contributed by atoms with Crippen molar-refractivity contribution in [3.05, 3.63) is 61.0 Å². The van der Waals surface area contributed by atoms with Gasteiger partial charge in [-0.3, -0.25) is 9.59 Å². The average molecular weight is 474 g/mol. The molecule has 0 aliphatic rings. The summed E-state index contributed by atoms with van der Waals surface area (Å²) in [4.78, 5) is 27.3. The molecule has 0 bridgehead atoms. The highest BCUT2D eigenvalue weighted by Crippen LogP contribution is 2.29. The number of hydrogen-bond acceptors (Lipinski definition) is 4. The summed E-state index contributed by atoms with van der Waals surface area (Å²) < 4.78 is 28.0. The lowest BCUT2D eigenvalue weighted by molar-refractivity contribution is 0.0950. The molecular formula is C20H25Cl2N3O4S. The molecule has 1 unspecified atom stereocenters. The molecule has 0 aliphatic heterocycles. The molecule has 3 N–H and O–H groups in total. The van der Waals surface area contributed by atoms with Crippen molar-refractivity contribution in [2.75, 3.05) is 0 Å². The van der Waals surface area contributed by atoms with Gasteiger partial charge in [-0.15, -0.1) is 0 Å². The zero-order chi connectivity index (χ0) is 22.6. The molecule has 0 saturated heterocycles. The quantitative estimate of drug-likeness (QED) is 0.542. The summed E-state index contributed by atoms with van der Waals surface area (Å²) in [6, 6.07) is 3.88. The van der Waals surface area contributed by atoms with Gasteiger partial charge in [-0.2, -0.15) is 0 Å². The Hall–Kier alpha value is -1.87. The summed E-state index contributed by atoms with van der Waals surface area (Å²) in [7, 11) is -3.95. The number of aryl methyl sites for hydroxylation is 2. The number of sulfonamides is 1. The lowest BCUT2D eigenvalue weighted by Crippen LogP contribution is -2.33. The van der Waals surface area contributed by atoms with Crippen molar-refractivity contribution >= 4 is 39.1 Å². The molecule has 10 heteroatoms. The van der Waals surface area contributed by atoms with Crippen LogP contribution in [0.4, 0.5) is 0 Å². The van der Waals surface area contributed by atoms with Crippen LogP contribution in [0, 0.1) is 13.8 Å². The minimum absolute atomic E-state index is 0.00703. The number of aromatic amines is 1. The maximum absolute atomic E-state index is 12.7. The summed E-state index contributed by atoms with van der Waals surface area (Å²) in [6.07, 6.45) is 1.46. The van der Waals surface area contributed by atoms with Gasteiger partial charge < -0.3 is 10.3 Å². The van der Waals surface area contributed by atoms with E-state index in [0.29, 0.717) is 17.7 Å². The maximum atomic E-state index is 12.7. The van der Waals surface area contributed by atoms with Crippen LogP contribution in [0.25, 0.3) is 0 Å². The standard InChI is InChI=1S/C20H25Cl2N3O4S/c1-5-6-12(3)25-30(28,29)18-8-14(16(21)9-17(18)22)19(26)23-10-15-11(2)7-13(4)24-20(15)27/h7-9,12,25H,5-6,10H2,1-4H3,(H,23,26)(H,24,27). The Kier molecular flexibility index (Phi) is 8.10. The van der Waals surface area contributed by atoms with Gasteiger partial charge in [0.1, 0.15) is 4.90 Å². The predicted octanol–water partition coefficient (Wildman–Crippen LogP) is 3.70. The lowest BCUT2D eigenvalue weighted by Gasteiger charge is -2.16. The van der Waals surface area contributed by atoms with E-state index in [1.54, 1.807) is 26.8 Å². The Labute approximate surface area is 186 Å². The van der Waals surface area contributed by atoms with E-state index in [1.165, 1.54) is 6.07 Å². The number of benzene rings is 1. The summed E-state index contributed by atoms with van der Waals surface area (Å²) >= 11 is 12.2. The first-order chi connectivity index (χ1) is 14.0. The molecule has 0 saturated carbocycles. The number of rotatable bonds is 8. The molecule has 1 aromatic heterocycles. The molecule has 1 amide bonds. The molecule has 0 radical (unpaired) electrons. The normalized spacial score (nSPS) is 12.6. The van der Waals surface area contributed by atoms with Gasteiger partial charge in [-0.25, -0.2) is 13.1 Å². The van der Waals surface area contributed by atoms with Crippen molar-refractivity contribution in [1.82, 2.24) is 15.0 Å². The molecule has 0 spiro atoms. The summed E-state index contributed by atoms with van der Waals surface area (Å²) in [5, 5.41) is 2.54. The van der Waals surface area contributed by atoms with Crippen molar-refractivity contribution in [2.24, 2.45) is 0 Å². The van der Waals surface area contributed by atoms with Crippen LogP contribution in [0.5, 0.6) is 0 Å². The smallest absolute Gasteiger partial charge is 0.253 e. The van der Waals surface area contributed by atoms with Gasteiger partial charge in [0.15, 0.2) is 0 Å². The minimum atomic E-state index is -3.95. The van der Waals surface area contributed by atoms with Crippen LogP contribution in [-0.4, -0.2) is 25.4 Å². The van der Waals surface area contributed by atoms with Gasteiger partial charge in [-0.05, 0) is 51.0 Å². The van der Waals surface area contributed by atoms with Gasteiger partial charge in [0.2, 0.25) is 10.0 Å². The number of aromatic nitrogens is 1. The molecule has 1 aromatic carbocycles. The Morgan fingerprint density at radius 1 is 1.17 bits per heavy atom. The monoisotopic (exact) mass is 473 g/mol. The van der Waals surface area contributed by atoms with E-state index in [1.807, 2.05) is 6.92 Å². The SMILES string of the molecule is CCCC(C)NS(=O)(=O)c1cc(C(=O)NCc2c(C)cc(C)[nH]c2=O)c(Cl)cc1Cl. The van der Waals surface area contributed by atoms with Gasteiger partial charge in [0, 0.05) is 23.8 Å². The van der Waals surface area contributed by atoms with Gasteiger partial charge >= 0.3 is 0 Å². The van der Waals surface area contributed by atoms with Crippen LogP contribution >= 0.6 is 23.2 Å². The molecule has 0 fully saturated rings. The zero-order valence-electron chi connectivity index (χ0n) is 17.2. The Bertz CT molecular complexity index is 1110. The van der Waals surface area contributed by atoms with Crippen LogP contribution in [0.3, 0.4) is 0 Å². The highest BCUT2D eigenvalue weighted by Gasteiger charge is 2.24. The van der Waals surface area contributed by atoms with E-state index >= 15 is 0 Å². The number of carbonyl (C=O) groups excluding carboxylic acids is 1. The first-order valence-corrected chi connectivity index (χ1v) is 11.7. The number of nitrogens with one attached hydrogen (secondary N) is 3. The van der Waals surface area contributed by atoms with Crippen LogP contribution in [0.2, 0.25) is 10.0 Å². The Balaban J connectivity index is 2.31.